The summed E-state index contributed by atoms with van der Waals surface area (Å²) in [5.74, 6) is 3.02. The van der Waals surface area contributed by atoms with E-state index in [1.54, 1.807) is 0 Å². The van der Waals surface area contributed by atoms with Crippen molar-refractivity contribution < 1.29 is 16.9 Å². The number of quaternary nitrogens is 1. The molecule has 0 fully saturated rings. The zero-order valence-electron chi connectivity index (χ0n) is 15.1. The standard InChI is InChI=1S/C19H37IN.ClH/c1-5-9-11-13-15-17-21(8-4,19(20)7-3)18-16-14-12-10-6-2;/h3,19H,5-6,8-18H2,1-2,4H3;1H/q+1;/p-1. The van der Waals surface area contributed by atoms with Gasteiger partial charge in [-0.15, -0.1) is 6.42 Å². The lowest BCUT2D eigenvalue weighted by atomic mass is 10.1. The van der Waals surface area contributed by atoms with Crippen molar-refractivity contribution in [3.8, 4) is 12.3 Å². The van der Waals surface area contributed by atoms with Crippen molar-refractivity contribution in [3.05, 3.63) is 0 Å². The molecule has 0 spiro atoms. The maximum absolute atomic E-state index is 5.76. The van der Waals surface area contributed by atoms with E-state index in [4.69, 9.17) is 6.42 Å². The molecule has 132 valence electrons. The van der Waals surface area contributed by atoms with Crippen LogP contribution in [0.25, 0.3) is 0 Å². The minimum atomic E-state index is 0. The van der Waals surface area contributed by atoms with Crippen LogP contribution in [0.5, 0.6) is 0 Å². The third-order valence-electron chi connectivity index (χ3n) is 4.66. The number of hydrogen-bond acceptors (Lipinski definition) is 0. The Balaban J connectivity index is 0. The Labute approximate surface area is 160 Å². The van der Waals surface area contributed by atoms with E-state index >= 15 is 0 Å². The molecule has 0 aromatic carbocycles. The molecule has 0 aliphatic carbocycles. The highest BCUT2D eigenvalue weighted by atomic mass is 127. The molecule has 0 heterocycles. The molecule has 1 nitrogen and oxygen atoms in total. The van der Waals surface area contributed by atoms with Gasteiger partial charge in [0, 0.05) is 22.6 Å². The van der Waals surface area contributed by atoms with E-state index in [9.17, 15) is 0 Å². The Bertz CT molecular complexity index is 261. The number of nitrogens with zero attached hydrogens (tertiary/aromatic N) is 1. The molecule has 22 heavy (non-hydrogen) atoms. The van der Waals surface area contributed by atoms with Crippen molar-refractivity contribution in [3.63, 3.8) is 0 Å². The Hall–Kier alpha value is 0.540. The Kier molecular flexibility index (Phi) is 18.5. The molecule has 0 aromatic rings. The van der Waals surface area contributed by atoms with Gasteiger partial charge in [-0.25, -0.2) is 0 Å². The van der Waals surface area contributed by atoms with Crippen LogP contribution in [0.4, 0.5) is 0 Å². The second-order valence-corrected chi connectivity index (χ2v) is 7.49. The highest BCUT2D eigenvalue weighted by molar-refractivity contribution is 14.1. The first-order chi connectivity index (χ1) is 10.2. The van der Waals surface area contributed by atoms with Crippen LogP contribution in [0.2, 0.25) is 0 Å². The van der Waals surface area contributed by atoms with Gasteiger partial charge in [0.1, 0.15) is 0 Å². The molecule has 0 bridgehead atoms. The first-order valence-electron chi connectivity index (χ1n) is 9.12. The number of terminal acetylenes is 1. The van der Waals surface area contributed by atoms with Gasteiger partial charge in [-0.1, -0.05) is 52.4 Å². The fourth-order valence-corrected chi connectivity index (χ4v) is 3.98. The zero-order chi connectivity index (χ0) is 16.0. The topological polar surface area (TPSA) is 0 Å². The van der Waals surface area contributed by atoms with Gasteiger partial charge in [-0.3, -0.25) is 0 Å². The monoisotopic (exact) mass is 441 g/mol. The SMILES string of the molecule is C#CC(I)[N+](CC)(CCCCCCC)CCCCCCC.[Cl-]. The predicted octanol–water partition coefficient (Wildman–Crippen LogP) is 3.16. The minimum absolute atomic E-state index is 0. The highest BCUT2D eigenvalue weighted by Crippen LogP contribution is 2.23. The molecule has 1 atom stereocenters. The molecular weight excluding hydrogens is 405 g/mol. The van der Waals surface area contributed by atoms with Crippen molar-refractivity contribution in [1.82, 2.24) is 0 Å². The van der Waals surface area contributed by atoms with Crippen LogP contribution in [-0.2, 0) is 0 Å². The van der Waals surface area contributed by atoms with Crippen LogP contribution >= 0.6 is 22.6 Å². The Morgan fingerprint density at radius 1 is 0.818 bits per heavy atom. The minimum Gasteiger partial charge on any atom is -1.00 e. The molecule has 1 unspecified atom stereocenters. The van der Waals surface area contributed by atoms with Gasteiger partial charge in [-0.2, -0.15) is 0 Å². The van der Waals surface area contributed by atoms with Gasteiger partial charge in [0.2, 0.25) is 4.05 Å². The van der Waals surface area contributed by atoms with Crippen LogP contribution < -0.4 is 12.4 Å². The second kappa shape index (κ2) is 16.4. The van der Waals surface area contributed by atoms with E-state index in [1.807, 2.05) is 0 Å². The quantitative estimate of drug-likeness (QED) is 0.0970. The molecule has 0 aliphatic rings. The van der Waals surface area contributed by atoms with Gasteiger partial charge in [0.25, 0.3) is 0 Å². The summed E-state index contributed by atoms with van der Waals surface area (Å²) in [6.07, 6.45) is 19.4. The maximum atomic E-state index is 5.76. The molecule has 0 saturated carbocycles. The number of rotatable bonds is 14. The summed E-state index contributed by atoms with van der Waals surface area (Å²) in [5, 5.41) is 0. The molecule has 0 rings (SSSR count). The van der Waals surface area contributed by atoms with E-state index < -0.39 is 0 Å². The smallest absolute Gasteiger partial charge is 0.200 e. The first kappa shape index (κ1) is 24.8. The summed E-state index contributed by atoms with van der Waals surface area (Å²) in [6.45, 7) is 10.6. The molecule has 0 saturated heterocycles. The van der Waals surface area contributed by atoms with Crippen LogP contribution in [-0.4, -0.2) is 28.2 Å². The van der Waals surface area contributed by atoms with E-state index in [-0.39, 0.29) is 12.4 Å². The van der Waals surface area contributed by atoms with Crippen LogP contribution in [0, 0.1) is 12.3 Å². The molecule has 0 radical (unpaired) electrons. The number of hydrogen-bond donors (Lipinski definition) is 0. The lowest BCUT2D eigenvalue weighted by Crippen LogP contribution is -3.00. The van der Waals surface area contributed by atoms with Gasteiger partial charge in [-0.05, 0) is 38.5 Å². The van der Waals surface area contributed by atoms with E-state index in [2.05, 4.69) is 49.3 Å². The summed E-state index contributed by atoms with van der Waals surface area (Å²) in [4.78, 5) is 0. The van der Waals surface area contributed by atoms with Gasteiger partial charge >= 0.3 is 0 Å². The first-order valence-corrected chi connectivity index (χ1v) is 10.4. The largest absolute Gasteiger partial charge is 1.00 e. The maximum Gasteiger partial charge on any atom is 0.200 e. The zero-order valence-corrected chi connectivity index (χ0v) is 18.0. The van der Waals surface area contributed by atoms with E-state index in [0.717, 1.165) is 4.48 Å². The van der Waals surface area contributed by atoms with Gasteiger partial charge < -0.3 is 16.9 Å². The van der Waals surface area contributed by atoms with Crippen molar-refractivity contribution >= 4 is 22.6 Å². The molecule has 3 heteroatoms. The number of alkyl halides is 1. The molecule has 0 aromatic heterocycles. The van der Waals surface area contributed by atoms with Crippen LogP contribution in [0.3, 0.4) is 0 Å². The lowest BCUT2D eigenvalue weighted by Gasteiger charge is -2.40. The fraction of sp³-hybridized carbons (Fsp3) is 0.895. The fourth-order valence-electron chi connectivity index (χ4n) is 3.03. The van der Waals surface area contributed by atoms with E-state index in [0.29, 0.717) is 4.05 Å². The molecule has 0 aliphatic heterocycles. The summed E-state index contributed by atoms with van der Waals surface area (Å²) in [7, 11) is 0. The Morgan fingerprint density at radius 3 is 1.55 bits per heavy atom. The number of halogens is 2. The van der Waals surface area contributed by atoms with E-state index in [1.165, 1.54) is 83.8 Å². The highest BCUT2D eigenvalue weighted by Gasteiger charge is 2.31. The van der Waals surface area contributed by atoms with Crippen molar-refractivity contribution in [1.29, 1.82) is 0 Å². The number of unbranched alkanes of at least 4 members (excludes halogenated alkanes) is 8. The average Bonchev–Trinajstić information content (AvgIpc) is 2.52. The Morgan fingerprint density at radius 2 is 1.23 bits per heavy atom. The molecule has 0 amide bonds. The lowest BCUT2D eigenvalue weighted by molar-refractivity contribution is -0.925. The van der Waals surface area contributed by atoms with Gasteiger partial charge in [0.05, 0.1) is 19.6 Å². The summed E-state index contributed by atoms with van der Waals surface area (Å²) in [5.41, 5.74) is 0. The van der Waals surface area contributed by atoms with Crippen molar-refractivity contribution in [2.75, 3.05) is 19.6 Å². The summed E-state index contributed by atoms with van der Waals surface area (Å²) in [6, 6.07) is 0. The van der Waals surface area contributed by atoms with Crippen LogP contribution in [0.1, 0.15) is 85.0 Å². The summed E-state index contributed by atoms with van der Waals surface area (Å²) >= 11 is 2.49. The van der Waals surface area contributed by atoms with Crippen LogP contribution in [0.15, 0.2) is 0 Å². The average molecular weight is 442 g/mol. The third kappa shape index (κ3) is 10.3. The third-order valence-corrected chi connectivity index (χ3v) is 6.20. The second-order valence-electron chi connectivity index (χ2n) is 6.31. The van der Waals surface area contributed by atoms with Crippen molar-refractivity contribution in [2.45, 2.75) is 89.0 Å². The van der Waals surface area contributed by atoms with Gasteiger partial charge in [0.15, 0.2) is 0 Å². The molecule has 0 N–H and O–H groups in total. The predicted molar refractivity (Wildman–Crippen MR) is 105 cm³/mol. The normalized spacial score (nSPS) is 12.5. The summed E-state index contributed by atoms with van der Waals surface area (Å²) < 4.78 is 1.47. The van der Waals surface area contributed by atoms with Crippen molar-refractivity contribution in [2.24, 2.45) is 0 Å². The molecular formula is C19H37ClIN.